The third-order valence-corrected chi connectivity index (χ3v) is 4.52. The third kappa shape index (κ3) is 3.91. The summed E-state index contributed by atoms with van der Waals surface area (Å²) in [6.45, 7) is 0. The van der Waals surface area contributed by atoms with Crippen molar-refractivity contribution in [2.45, 2.75) is 0 Å². The van der Waals surface area contributed by atoms with Crippen molar-refractivity contribution in [3.05, 3.63) is 79.6 Å². The summed E-state index contributed by atoms with van der Waals surface area (Å²) >= 11 is 7.18. The molecule has 0 radical (unpaired) electrons. The van der Waals surface area contributed by atoms with Gasteiger partial charge in [0.15, 0.2) is 0 Å². The van der Waals surface area contributed by atoms with Crippen molar-refractivity contribution in [2.24, 2.45) is 0 Å². The molecule has 2 aromatic carbocycles. The maximum atomic E-state index is 10.9. The van der Waals surface area contributed by atoms with E-state index in [2.05, 4.69) is 11.1 Å². The topological polar surface area (TPSA) is 79.8 Å². The van der Waals surface area contributed by atoms with Crippen molar-refractivity contribution in [2.75, 3.05) is 0 Å². The van der Waals surface area contributed by atoms with Gasteiger partial charge in [0.2, 0.25) is 0 Å². The van der Waals surface area contributed by atoms with Crippen LogP contribution in [0.1, 0.15) is 10.6 Å². The first-order valence-electron chi connectivity index (χ1n) is 7.15. The van der Waals surface area contributed by atoms with Crippen molar-refractivity contribution >= 4 is 40.3 Å². The minimum Gasteiger partial charge on any atom is -0.258 e. The molecule has 1 aromatic heterocycles. The number of aromatic nitrogens is 1. The van der Waals surface area contributed by atoms with Crippen LogP contribution in [0.5, 0.6) is 0 Å². The molecule has 0 aliphatic carbocycles. The molecule has 3 rings (SSSR count). The van der Waals surface area contributed by atoms with Crippen LogP contribution in [0.2, 0.25) is 5.02 Å². The summed E-state index contributed by atoms with van der Waals surface area (Å²) in [6.07, 6.45) is 1.73. The Balaban J connectivity index is 1.94. The third-order valence-electron chi connectivity index (χ3n) is 3.39. The van der Waals surface area contributed by atoms with Crippen molar-refractivity contribution < 1.29 is 4.92 Å². The lowest BCUT2D eigenvalue weighted by atomic mass is 10.1. The van der Waals surface area contributed by atoms with Gasteiger partial charge in [-0.25, -0.2) is 4.98 Å². The minimum absolute atomic E-state index is 0.00395. The van der Waals surface area contributed by atoms with Gasteiger partial charge in [-0.1, -0.05) is 35.9 Å². The van der Waals surface area contributed by atoms with Crippen molar-refractivity contribution in [3.8, 4) is 17.3 Å². The number of thiazole rings is 1. The molecule has 0 amide bonds. The van der Waals surface area contributed by atoms with Crippen molar-refractivity contribution in [1.29, 1.82) is 5.26 Å². The van der Waals surface area contributed by atoms with Crippen LogP contribution in [0, 0.1) is 21.4 Å². The molecule has 0 atom stereocenters. The molecule has 122 valence electrons. The number of nitro groups is 1. The summed E-state index contributed by atoms with van der Waals surface area (Å²) in [7, 11) is 0. The first kappa shape index (κ1) is 16.8. The molecule has 0 N–H and O–H groups in total. The lowest BCUT2D eigenvalue weighted by Gasteiger charge is -1.98. The molecule has 0 saturated heterocycles. The van der Waals surface area contributed by atoms with E-state index >= 15 is 0 Å². The molecule has 0 bridgehead atoms. The van der Waals surface area contributed by atoms with E-state index in [0.717, 1.165) is 5.56 Å². The number of hydrogen-bond donors (Lipinski definition) is 0. The van der Waals surface area contributed by atoms with E-state index in [0.29, 0.717) is 26.9 Å². The molecule has 7 heteroatoms. The maximum Gasteiger partial charge on any atom is 0.270 e. The second kappa shape index (κ2) is 7.26. The van der Waals surface area contributed by atoms with E-state index in [9.17, 15) is 15.4 Å². The molecule has 0 saturated carbocycles. The van der Waals surface area contributed by atoms with Crippen LogP contribution in [0.3, 0.4) is 0 Å². The van der Waals surface area contributed by atoms with Gasteiger partial charge < -0.3 is 0 Å². The van der Waals surface area contributed by atoms with Gasteiger partial charge in [-0.15, -0.1) is 11.3 Å². The SMILES string of the molecule is N#C/C(=C\c1ccc(Cl)cc1)c1nc(-c2cccc([N+](=O)[O-])c2)cs1. The molecule has 0 unspecified atom stereocenters. The molecule has 5 nitrogen and oxygen atoms in total. The highest BCUT2D eigenvalue weighted by atomic mass is 35.5. The van der Waals surface area contributed by atoms with Crippen molar-refractivity contribution in [3.63, 3.8) is 0 Å². The zero-order valence-electron chi connectivity index (χ0n) is 12.7. The number of hydrogen-bond acceptors (Lipinski definition) is 5. The predicted octanol–water partition coefficient (Wildman–Crippen LogP) is 5.44. The number of benzene rings is 2. The summed E-state index contributed by atoms with van der Waals surface area (Å²) in [4.78, 5) is 14.9. The molecule has 0 spiro atoms. The molecular weight excluding hydrogens is 358 g/mol. The van der Waals surface area contributed by atoms with E-state index in [1.807, 2.05) is 12.1 Å². The quantitative estimate of drug-likeness (QED) is 0.349. The summed E-state index contributed by atoms with van der Waals surface area (Å²) in [5.74, 6) is 0. The van der Waals surface area contributed by atoms with Crippen LogP contribution in [0.4, 0.5) is 5.69 Å². The van der Waals surface area contributed by atoms with Gasteiger partial charge in [0, 0.05) is 28.1 Å². The first-order valence-corrected chi connectivity index (χ1v) is 8.40. The standard InChI is InChI=1S/C18H10ClN3O2S/c19-15-6-4-12(5-7-15)8-14(10-20)18-21-17(11-25-18)13-2-1-3-16(9-13)22(23)24/h1-9,11H/b14-8+. The monoisotopic (exact) mass is 367 g/mol. The number of non-ortho nitro benzene ring substituents is 1. The maximum absolute atomic E-state index is 10.9. The fraction of sp³-hybridized carbons (Fsp3) is 0. The molecular formula is C18H10ClN3O2S. The van der Waals surface area contributed by atoms with Crippen LogP contribution < -0.4 is 0 Å². The Hall–Kier alpha value is -3.01. The molecule has 0 fully saturated rings. The summed E-state index contributed by atoms with van der Waals surface area (Å²) in [5, 5.41) is 23.3. The highest BCUT2D eigenvalue weighted by Crippen LogP contribution is 2.29. The van der Waals surface area contributed by atoms with E-state index in [1.165, 1.54) is 23.5 Å². The van der Waals surface area contributed by atoms with E-state index in [-0.39, 0.29) is 5.69 Å². The average molecular weight is 368 g/mol. The van der Waals surface area contributed by atoms with Gasteiger partial charge in [-0.05, 0) is 23.8 Å². The Morgan fingerprint density at radius 1 is 1.28 bits per heavy atom. The fourth-order valence-electron chi connectivity index (χ4n) is 2.18. The smallest absolute Gasteiger partial charge is 0.258 e. The van der Waals surface area contributed by atoms with E-state index in [1.54, 1.807) is 35.7 Å². The number of allylic oxidation sites excluding steroid dienone is 1. The Labute approximate surface area is 152 Å². The molecule has 0 aliphatic heterocycles. The molecule has 3 aromatic rings. The second-order valence-corrected chi connectivity index (χ2v) is 6.36. The van der Waals surface area contributed by atoms with Crippen LogP contribution in [-0.2, 0) is 0 Å². The number of nitrogens with zero attached hydrogens (tertiary/aromatic N) is 3. The van der Waals surface area contributed by atoms with Gasteiger partial charge in [-0.3, -0.25) is 10.1 Å². The van der Waals surface area contributed by atoms with Gasteiger partial charge in [0.1, 0.15) is 11.1 Å². The van der Waals surface area contributed by atoms with Crippen LogP contribution in [0.25, 0.3) is 22.9 Å². The number of nitro benzene ring substituents is 1. The molecule has 0 aliphatic rings. The summed E-state index contributed by atoms with van der Waals surface area (Å²) in [6, 6.07) is 15.5. The highest BCUT2D eigenvalue weighted by molar-refractivity contribution is 7.11. The Bertz CT molecular complexity index is 1000. The van der Waals surface area contributed by atoms with Crippen LogP contribution in [0.15, 0.2) is 53.9 Å². The van der Waals surface area contributed by atoms with E-state index < -0.39 is 4.92 Å². The van der Waals surface area contributed by atoms with Gasteiger partial charge in [0.25, 0.3) is 5.69 Å². The first-order chi connectivity index (χ1) is 12.1. The number of rotatable bonds is 4. The minimum atomic E-state index is -0.447. The predicted molar refractivity (Wildman–Crippen MR) is 99.1 cm³/mol. The van der Waals surface area contributed by atoms with Gasteiger partial charge >= 0.3 is 0 Å². The van der Waals surface area contributed by atoms with Gasteiger partial charge in [-0.2, -0.15) is 5.26 Å². The summed E-state index contributed by atoms with van der Waals surface area (Å²) in [5.41, 5.74) is 2.50. The van der Waals surface area contributed by atoms with Gasteiger partial charge in [0.05, 0.1) is 16.2 Å². The largest absolute Gasteiger partial charge is 0.270 e. The second-order valence-electron chi connectivity index (χ2n) is 5.07. The Kier molecular flexibility index (Phi) is 4.89. The lowest BCUT2D eigenvalue weighted by molar-refractivity contribution is -0.384. The van der Waals surface area contributed by atoms with Crippen molar-refractivity contribution in [1.82, 2.24) is 4.98 Å². The highest BCUT2D eigenvalue weighted by Gasteiger charge is 2.12. The lowest BCUT2D eigenvalue weighted by Crippen LogP contribution is -1.88. The fourth-order valence-corrected chi connectivity index (χ4v) is 3.10. The Morgan fingerprint density at radius 3 is 2.72 bits per heavy atom. The summed E-state index contributed by atoms with van der Waals surface area (Å²) < 4.78 is 0. The molecule has 1 heterocycles. The van der Waals surface area contributed by atoms with E-state index in [4.69, 9.17) is 11.6 Å². The normalized spacial score (nSPS) is 11.1. The van der Waals surface area contributed by atoms with Crippen LogP contribution >= 0.6 is 22.9 Å². The average Bonchev–Trinajstić information content (AvgIpc) is 3.11. The number of halogens is 1. The zero-order valence-corrected chi connectivity index (χ0v) is 14.3. The number of nitriles is 1. The molecule has 25 heavy (non-hydrogen) atoms. The Morgan fingerprint density at radius 2 is 2.04 bits per heavy atom. The van der Waals surface area contributed by atoms with Crippen LogP contribution in [-0.4, -0.2) is 9.91 Å². The zero-order chi connectivity index (χ0) is 17.8.